The van der Waals surface area contributed by atoms with Crippen molar-refractivity contribution in [3.05, 3.63) is 10.8 Å². The summed E-state index contributed by atoms with van der Waals surface area (Å²) in [5, 5.41) is 3.96. The zero-order chi connectivity index (χ0) is 7.68. The molecule has 0 spiro atoms. The standard InChI is InChI=1S/C8H10O2S/c1-6-2-3-9-7-4-11-5-8(7)10-6/h4-6H,2-3H2,1H3. The van der Waals surface area contributed by atoms with Gasteiger partial charge in [0.2, 0.25) is 0 Å². The van der Waals surface area contributed by atoms with E-state index in [0.717, 1.165) is 24.5 Å². The van der Waals surface area contributed by atoms with Crippen molar-refractivity contribution in [2.75, 3.05) is 6.61 Å². The first-order valence-corrected chi connectivity index (χ1v) is 4.66. The fourth-order valence-corrected chi connectivity index (χ4v) is 1.75. The molecule has 60 valence electrons. The predicted molar refractivity (Wildman–Crippen MR) is 44.5 cm³/mol. The van der Waals surface area contributed by atoms with E-state index < -0.39 is 0 Å². The fraction of sp³-hybridized carbons (Fsp3) is 0.500. The van der Waals surface area contributed by atoms with E-state index in [0.29, 0.717) is 0 Å². The molecule has 0 N–H and O–H groups in total. The van der Waals surface area contributed by atoms with Gasteiger partial charge in [0.15, 0.2) is 11.5 Å². The number of hydrogen-bond donors (Lipinski definition) is 0. The zero-order valence-corrected chi connectivity index (χ0v) is 7.19. The van der Waals surface area contributed by atoms with Gasteiger partial charge in [-0.2, -0.15) is 0 Å². The molecule has 3 heteroatoms. The first-order valence-electron chi connectivity index (χ1n) is 3.72. The van der Waals surface area contributed by atoms with E-state index in [1.807, 2.05) is 10.8 Å². The molecule has 0 saturated heterocycles. The first kappa shape index (κ1) is 6.98. The first-order chi connectivity index (χ1) is 5.36. The third kappa shape index (κ3) is 1.33. The van der Waals surface area contributed by atoms with Gasteiger partial charge < -0.3 is 9.47 Å². The molecule has 0 radical (unpaired) electrons. The highest BCUT2D eigenvalue weighted by Crippen LogP contribution is 2.34. The Kier molecular flexibility index (Phi) is 1.74. The summed E-state index contributed by atoms with van der Waals surface area (Å²) in [5.41, 5.74) is 0. The van der Waals surface area contributed by atoms with Crippen molar-refractivity contribution in [1.82, 2.24) is 0 Å². The van der Waals surface area contributed by atoms with E-state index in [1.54, 1.807) is 11.3 Å². The van der Waals surface area contributed by atoms with Crippen LogP contribution in [0.2, 0.25) is 0 Å². The van der Waals surface area contributed by atoms with E-state index in [4.69, 9.17) is 9.47 Å². The lowest BCUT2D eigenvalue weighted by Gasteiger charge is -2.07. The summed E-state index contributed by atoms with van der Waals surface area (Å²) >= 11 is 1.62. The smallest absolute Gasteiger partial charge is 0.172 e. The number of hydrogen-bond acceptors (Lipinski definition) is 3. The van der Waals surface area contributed by atoms with Gasteiger partial charge in [0.05, 0.1) is 12.7 Å². The summed E-state index contributed by atoms with van der Waals surface area (Å²) in [6, 6.07) is 0. The van der Waals surface area contributed by atoms with Crippen molar-refractivity contribution in [3.63, 3.8) is 0 Å². The Morgan fingerprint density at radius 1 is 1.45 bits per heavy atom. The monoisotopic (exact) mass is 170 g/mol. The molecule has 0 aromatic carbocycles. The highest BCUT2D eigenvalue weighted by molar-refractivity contribution is 7.08. The molecule has 1 unspecified atom stereocenters. The molecule has 1 aromatic heterocycles. The SMILES string of the molecule is CC1CCOc2cscc2O1. The topological polar surface area (TPSA) is 18.5 Å². The lowest BCUT2D eigenvalue weighted by molar-refractivity contribution is 0.210. The summed E-state index contributed by atoms with van der Waals surface area (Å²) in [6.45, 7) is 2.83. The normalized spacial score (nSPS) is 22.8. The molecule has 0 saturated carbocycles. The Balaban J connectivity index is 2.26. The quantitative estimate of drug-likeness (QED) is 0.594. The molecule has 1 aliphatic rings. The van der Waals surface area contributed by atoms with Gasteiger partial charge in [0, 0.05) is 17.2 Å². The number of rotatable bonds is 0. The zero-order valence-electron chi connectivity index (χ0n) is 6.37. The Morgan fingerprint density at radius 2 is 2.27 bits per heavy atom. The summed E-state index contributed by atoms with van der Waals surface area (Å²) in [6.07, 6.45) is 1.25. The Labute approximate surface area is 69.8 Å². The van der Waals surface area contributed by atoms with Crippen molar-refractivity contribution in [2.24, 2.45) is 0 Å². The largest absolute Gasteiger partial charge is 0.489 e. The second kappa shape index (κ2) is 2.74. The van der Waals surface area contributed by atoms with Crippen LogP contribution in [0.4, 0.5) is 0 Å². The molecule has 0 aliphatic carbocycles. The van der Waals surface area contributed by atoms with Crippen LogP contribution < -0.4 is 9.47 Å². The van der Waals surface area contributed by atoms with E-state index >= 15 is 0 Å². The lowest BCUT2D eigenvalue weighted by Crippen LogP contribution is -2.11. The van der Waals surface area contributed by atoms with Gasteiger partial charge in [0.1, 0.15) is 0 Å². The van der Waals surface area contributed by atoms with Crippen LogP contribution >= 0.6 is 11.3 Å². The maximum Gasteiger partial charge on any atom is 0.172 e. The molecule has 1 aromatic rings. The molecular formula is C8H10O2S. The van der Waals surface area contributed by atoms with E-state index in [1.165, 1.54) is 0 Å². The predicted octanol–water partition coefficient (Wildman–Crippen LogP) is 2.30. The minimum absolute atomic E-state index is 0.283. The molecule has 2 rings (SSSR count). The van der Waals surface area contributed by atoms with Crippen LogP contribution in [0.5, 0.6) is 11.5 Å². The van der Waals surface area contributed by atoms with Gasteiger partial charge in [-0.05, 0) is 6.92 Å². The summed E-state index contributed by atoms with van der Waals surface area (Å²) in [5.74, 6) is 1.80. The van der Waals surface area contributed by atoms with Crippen molar-refractivity contribution in [1.29, 1.82) is 0 Å². The van der Waals surface area contributed by atoms with Crippen LogP contribution in [0.25, 0.3) is 0 Å². The molecule has 0 bridgehead atoms. The number of ether oxygens (including phenoxy) is 2. The van der Waals surface area contributed by atoms with Crippen molar-refractivity contribution in [3.8, 4) is 11.5 Å². The van der Waals surface area contributed by atoms with Gasteiger partial charge in [-0.25, -0.2) is 0 Å². The second-order valence-electron chi connectivity index (χ2n) is 2.67. The van der Waals surface area contributed by atoms with Gasteiger partial charge >= 0.3 is 0 Å². The molecule has 0 fully saturated rings. The average Bonchev–Trinajstić information content (AvgIpc) is 2.31. The maximum atomic E-state index is 5.58. The molecular weight excluding hydrogens is 160 g/mol. The average molecular weight is 170 g/mol. The van der Waals surface area contributed by atoms with Crippen LogP contribution in [0.15, 0.2) is 10.8 Å². The molecule has 1 atom stereocenters. The van der Waals surface area contributed by atoms with E-state index in [2.05, 4.69) is 6.92 Å². The Morgan fingerprint density at radius 3 is 3.18 bits per heavy atom. The molecule has 2 nitrogen and oxygen atoms in total. The van der Waals surface area contributed by atoms with E-state index in [-0.39, 0.29) is 6.10 Å². The third-order valence-corrected chi connectivity index (χ3v) is 2.40. The van der Waals surface area contributed by atoms with E-state index in [9.17, 15) is 0 Å². The van der Waals surface area contributed by atoms with Crippen LogP contribution in [0, 0.1) is 0 Å². The second-order valence-corrected chi connectivity index (χ2v) is 3.41. The Hall–Kier alpha value is -0.700. The van der Waals surface area contributed by atoms with Gasteiger partial charge in [0.25, 0.3) is 0 Å². The Bertz CT molecular complexity index is 244. The molecule has 11 heavy (non-hydrogen) atoms. The summed E-state index contributed by atoms with van der Waals surface area (Å²) < 4.78 is 11.0. The molecule has 0 amide bonds. The van der Waals surface area contributed by atoms with Crippen molar-refractivity contribution in [2.45, 2.75) is 19.4 Å². The maximum absolute atomic E-state index is 5.58. The fourth-order valence-electron chi connectivity index (χ4n) is 1.08. The van der Waals surface area contributed by atoms with Crippen LogP contribution in [0.3, 0.4) is 0 Å². The lowest BCUT2D eigenvalue weighted by atomic mass is 10.3. The molecule has 1 aliphatic heterocycles. The van der Waals surface area contributed by atoms with Crippen molar-refractivity contribution >= 4 is 11.3 Å². The highest BCUT2D eigenvalue weighted by atomic mass is 32.1. The van der Waals surface area contributed by atoms with Crippen molar-refractivity contribution < 1.29 is 9.47 Å². The van der Waals surface area contributed by atoms with Gasteiger partial charge in [-0.15, -0.1) is 11.3 Å². The highest BCUT2D eigenvalue weighted by Gasteiger charge is 2.14. The third-order valence-electron chi connectivity index (χ3n) is 1.70. The number of thiophene rings is 1. The minimum Gasteiger partial charge on any atom is -0.489 e. The summed E-state index contributed by atoms with van der Waals surface area (Å²) in [4.78, 5) is 0. The summed E-state index contributed by atoms with van der Waals surface area (Å²) in [7, 11) is 0. The minimum atomic E-state index is 0.283. The van der Waals surface area contributed by atoms with Crippen LogP contribution in [-0.2, 0) is 0 Å². The van der Waals surface area contributed by atoms with Gasteiger partial charge in [-0.3, -0.25) is 0 Å². The van der Waals surface area contributed by atoms with Crippen LogP contribution in [-0.4, -0.2) is 12.7 Å². The van der Waals surface area contributed by atoms with Crippen LogP contribution in [0.1, 0.15) is 13.3 Å². The number of fused-ring (bicyclic) bond motifs is 1. The van der Waals surface area contributed by atoms with Gasteiger partial charge in [-0.1, -0.05) is 0 Å². The molecule has 2 heterocycles.